The van der Waals surface area contributed by atoms with Crippen LogP contribution in [0.3, 0.4) is 0 Å². The van der Waals surface area contributed by atoms with Crippen LogP contribution < -0.4 is 14.2 Å². The van der Waals surface area contributed by atoms with Crippen molar-refractivity contribution >= 4 is 5.97 Å². The lowest BCUT2D eigenvalue weighted by atomic mass is 9.90. The number of aliphatic carboxylic acids is 1. The summed E-state index contributed by atoms with van der Waals surface area (Å²) in [5.41, 5.74) is 0.964. The maximum absolute atomic E-state index is 11.0. The van der Waals surface area contributed by atoms with Crippen molar-refractivity contribution in [1.82, 2.24) is 0 Å². The molecule has 1 unspecified atom stereocenters. The van der Waals surface area contributed by atoms with E-state index in [0.717, 1.165) is 18.4 Å². The van der Waals surface area contributed by atoms with Crippen LogP contribution in [0.15, 0.2) is 12.1 Å². The molecule has 1 fully saturated rings. The van der Waals surface area contributed by atoms with Gasteiger partial charge in [0.15, 0.2) is 11.5 Å². The van der Waals surface area contributed by atoms with Gasteiger partial charge in [-0.1, -0.05) is 0 Å². The highest BCUT2D eigenvalue weighted by atomic mass is 16.7. The Bertz CT molecular complexity index is 507. The number of rotatable bonds is 5. The predicted octanol–water partition coefficient (Wildman–Crippen LogP) is 2.39. The fourth-order valence-electron chi connectivity index (χ4n) is 2.61. The molecule has 0 radical (unpaired) electrons. The molecule has 0 spiro atoms. The Morgan fingerprint density at radius 1 is 1.47 bits per heavy atom. The van der Waals surface area contributed by atoms with Crippen LogP contribution in [-0.4, -0.2) is 25.0 Å². The summed E-state index contributed by atoms with van der Waals surface area (Å²) in [6, 6.07) is 3.76. The molecule has 1 aliphatic carbocycles. The van der Waals surface area contributed by atoms with Crippen LogP contribution in [-0.2, 0) is 4.79 Å². The standard InChI is InChI=1S/C14H16O5/c1-17-11-4-9(5-12-14(11)19-7-18-12)10(6-13(15)16)8-2-3-8/h4-5,8,10H,2-3,6-7H2,1H3,(H,15,16). The van der Waals surface area contributed by atoms with Gasteiger partial charge in [-0.2, -0.15) is 0 Å². The number of benzene rings is 1. The molecule has 2 aliphatic rings. The first-order chi connectivity index (χ1) is 9.19. The highest BCUT2D eigenvalue weighted by molar-refractivity contribution is 5.68. The van der Waals surface area contributed by atoms with E-state index < -0.39 is 5.97 Å². The maximum atomic E-state index is 11.0. The summed E-state index contributed by atoms with van der Waals surface area (Å²) in [6.45, 7) is 0.183. The predicted molar refractivity (Wildman–Crippen MR) is 66.8 cm³/mol. The van der Waals surface area contributed by atoms with Crippen molar-refractivity contribution in [3.8, 4) is 17.2 Å². The highest BCUT2D eigenvalue weighted by Crippen LogP contribution is 2.49. The van der Waals surface area contributed by atoms with E-state index in [1.54, 1.807) is 7.11 Å². The molecule has 0 bridgehead atoms. The minimum absolute atomic E-state index is 0.0286. The smallest absolute Gasteiger partial charge is 0.303 e. The van der Waals surface area contributed by atoms with Crippen molar-refractivity contribution in [1.29, 1.82) is 0 Å². The molecule has 3 rings (SSSR count). The number of methoxy groups -OCH3 is 1. The lowest BCUT2D eigenvalue weighted by molar-refractivity contribution is -0.137. The summed E-state index contributed by atoms with van der Waals surface area (Å²) < 4.78 is 16.0. The quantitative estimate of drug-likeness (QED) is 0.884. The first-order valence-corrected chi connectivity index (χ1v) is 6.38. The van der Waals surface area contributed by atoms with E-state index in [4.69, 9.17) is 19.3 Å². The third-order valence-corrected chi connectivity index (χ3v) is 3.69. The van der Waals surface area contributed by atoms with Crippen LogP contribution in [0.4, 0.5) is 0 Å². The number of ether oxygens (including phenoxy) is 3. The molecule has 1 atom stereocenters. The highest BCUT2D eigenvalue weighted by Gasteiger charge is 2.35. The second-order valence-electron chi connectivity index (χ2n) is 5.00. The maximum Gasteiger partial charge on any atom is 0.303 e. The zero-order chi connectivity index (χ0) is 13.4. The minimum atomic E-state index is -0.770. The van der Waals surface area contributed by atoms with Crippen molar-refractivity contribution in [3.05, 3.63) is 17.7 Å². The Kier molecular flexibility index (Phi) is 2.97. The van der Waals surface area contributed by atoms with E-state index in [-0.39, 0.29) is 19.1 Å². The van der Waals surface area contributed by atoms with Crippen LogP contribution in [0.25, 0.3) is 0 Å². The molecule has 0 saturated heterocycles. The summed E-state index contributed by atoms with van der Waals surface area (Å²) in [4.78, 5) is 11.0. The second-order valence-corrected chi connectivity index (χ2v) is 5.00. The summed E-state index contributed by atoms with van der Waals surface area (Å²) in [5.74, 6) is 1.58. The van der Waals surface area contributed by atoms with E-state index in [2.05, 4.69) is 0 Å². The molecule has 1 heterocycles. The van der Waals surface area contributed by atoms with Gasteiger partial charge in [-0.15, -0.1) is 0 Å². The Morgan fingerprint density at radius 2 is 2.26 bits per heavy atom. The average Bonchev–Trinajstić information content (AvgIpc) is 3.12. The van der Waals surface area contributed by atoms with Crippen LogP contribution in [0.1, 0.15) is 30.7 Å². The van der Waals surface area contributed by atoms with Crippen LogP contribution in [0.2, 0.25) is 0 Å². The van der Waals surface area contributed by atoms with Gasteiger partial charge in [0.05, 0.1) is 13.5 Å². The number of carboxylic acid groups (broad SMARTS) is 1. The normalized spacial score (nSPS) is 18.2. The van der Waals surface area contributed by atoms with Crippen LogP contribution >= 0.6 is 0 Å². The van der Waals surface area contributed by atoms with Crippen LogP contribution in [0, 0.1) is 5.92 Å². The first kappa shape index (κ1) is 12.1. The molecule has 1 saturated carbocycles. The minimum Gasteiger partial charge on any atom is -0.493 e. The zero-order valence-electron chi connectivity index (χ0n) is 10.7. The van der Waals surface area contributed by atoms with Gasteiger partial charge in [0.1, 0.15) is 0 Å². The summed E-state index contributed by atoms with van der Waals surface area (Å²) in [5, 5.41) is 9.05. The summed E-state index contributed by atoms with van der Waals surface area (Å²) in [7, 11) is 1.57. The lowest BCUT2D eigenvalue weighted by Crippen LogP contribution is -2.08. The monoisotopic (exact) mass is 264 g/mol. The molecular weight excluding hydrogens is 248 g/mol. The van der Waals surface area contributed by atoms with Crippen molar-refractivity contribution < 1.29 is 24.1 Å². The van der Waals surface area contributed by atoms with E-state index in [1.165, 1.54) is 0 Å². The van der Waals surface area contributed by atoms with Gasteiger partial charge >= 0.3 is 5.97 Å². The van der Waals surface area contributed by atoms with Crippen molar-refractivity contribution in [2.75, 3.05) is 13.9 Å². The van der Waals surface area contributed by atoms with E-state index >= 15 is 0 Å². The van der Waals surface area contributed by atoms with Crippen molar-refractivity contribution in [2.24, 2.45) is 5.92 Å². The molecule has 19 heavy (non-hydrogen) atoms. The third kappa shape index (κ3) is 2.32. The molecule has 1 aromatic carbocycles. The number of fused-ring (bicyclic) bond motifs is 1. The summed E-state index contributed by atoms with van der Waals surface area (Å²) in [6.07, 6.45) is 2.33. The number of hydrogen-bond donors (Lipinski definition) is 1. The van der Waals surface area contributed by atoms with Gasteiger partial charge in [0.2, 0.25) is 12.5 Å². The van der Waals surface area contributed by atoms with Crippen LogP contribution in [0.5, 0.6) is 17.2 Å². The molecular formula is C14H16O5. The fraction of sp³-hybridized carbons (Fsp3) is 0.500. The SMILES string of the molecule is COc1cc(C(CC(=O)O)C2CC2)cc2c1OCO2. The number of carboxylic acids is 1. The molecule has 1 N–H and O–H groups in total. The van der Waals surface area contributed by atoms with E-state index in [9.17, 15) is 4.79 Å². The van der Waals surface area contributed by atoms with E-state index in [1.807, 2.05) is 12.1 Å². The van der Waals surface area contributed by atoms with Gasteiger partial charge in [-0.3, -0.25) is 4.79 Å². The van der Waals surface area contributed by atoms with Gasteiger partial charge in [-0.05, 0) is 42.4 Å². The van der Waals surface area contributed by atoms with Gasteiger partial charge in [0, 0.05) is 0 Å². The Hall–Kier alpha value is -1.91. The number of carbonyl (C=O) groups is 1. The summed E-state index contributed by atoms with van der Waals surface area (Å²) >= 11 is 0. The molecule has 0 aromatic heterocycles. The van der Waals surface area contributed by atoms with Gasteiger partial charge in [0.25, 0.3) is 0 Å². The van der Waals surface area contributed by atoms with Crippen molar-refractivity contribution in [2.45, 2.75) is 25.2 Å². The second kappa shape index (κ2) is 4.64. The van der Waals surface area contributed by atoms with Crippen molar-refractivity contribution in [3.63, 3.8) is 0 Å². The Morgan fingerprint density at radius 3 is 2.89 bits per heavy atom. The van der Waals surface area contributed by atoms with E-state index in [0.29, 0.717) is 23.2 Å². The zero-order valence-corrected chi connectivity index (χ0v) is 10.7. The number of hydrogen-bond acceptors (Lipinski definition) is 4. The largest absolute Gasteiger partial charge is 0.493 e. The Labute approximate surface area is 111 Å². The fourth-order valence-corrected chi connectivity index (χ4v) is 2.61. The first-order valence-electron chi connectivity index (χ1n) is 6.38. The van der Waals surface area contributed by atoms with Gasteiger partial charge < -0.3 is 19.3 Å². The molecule has 1 aromatic rings. The van der Waals surface area contributed by atoms with Gasteiger partial charge in [-0.25, -0.2) is 0 Å². The Balaban J connectivity index is 1.96. The molecule has 5 nitrogen and oxygen atoms in total. The molecule has 1 aliphatic heterocycles. The molecule has 102 valence electrons. The third-order valence-electron chi connectivity index (χ3n) is 3.69. The molecule has 5 heteroatoms. The molecule has 0 amide bonds. The average molecular weight is 264 g/mol. The lowest BCUT2D eigenvalue weighted by Gasteiger charge is -2.16. The topological polar surface area (TPSA) is 65.0 Å².